The molecule has 3 N–H and O–H groups in total. The summed E-state index contributed by atoms with van der Waals surface area (Å²) in [6.07, 6.45) is 0. The number of ether oxygens (including phenoxy) is 1. The molecule has 1 fully saturated rings. The van der Waals surface area contributed by atoms with E-state index in [4.69, 9.17) is 10.5 Å². The van der Waals surface area contributed by atoms with Gasteiger partial charge in [-0.05, 0) is 19.1 Å². The molecule has 1 aliphatic rings. The highest BCUT2D eigenvalue weighted by molar-refractivity contribution is 5.83. The number of nitrogens with one attached hydrogen (secondary N) is 1. The molecule has 1 aromatic rings. The quantitative estimate of drug-likeness (QED) is 0.825. The summed E-state index contributed by atoms with van der Waals surface area (Å²) in [6.45, 7) is 3.74. The summed E-state index contributed by atoms with van der Waals surface area (Å²) in [6, 6.07) is 5.67. The molecule has 98 valence electrons. The Morgan fingerprint density at radius 1 is 1.50 bits per heavy atom. The van der Waals surface area contributed by atoms with Gasteiger partial charge in [-0.15, -0.1) is 0 Å². The fourth-order valence-electron chi connectivity index (χ4n) is 2.29. The lowest BCUT2D eigenvalue weighted by Crippen LogP contribution is -2.48. The van der Waals surface area contributed by atoms with Gasteiger partial charge >= 0.3 is 0 Å². The van der Waals surface area contributed by atoms with Crippen molar-refractivity contribution in [2.75, 3.05) is 31.6 Å². The van der Waals surface area contributed by atoms with Gasteiger partial charge in [0.25, 0.3) is 0 Å². The third kappa shape index (κ3) is 2.41. The molecule has 0 bridgehead atoms. The molecule has 1 heterocycles. The van der Waals surface area contributed by atoms with Crippen molar-refractivity contribution in [2.45, 2.75) is 13.0 Å². The monoisotopic (exact) mass is 249 g/mol. The standard InChI is InChI=1S/C13H19N3O2/c1-9(14)13-10(4-3-5-11(13)18-2)16-7-6-15-12(17)8-16/h3-5,9H,6-8,14H2,1-2H3,(H,15,17). The summed E-state index contributed by atoms with van der Waals surface area (Å²) in [5, 5.41) is 2.82. The van der Waals surface area contributed by atoms with Crippen molar-refractivity contribution < 1.29 is 9.53 Å². The van der Waals surface area contributed by atoms with Gasteiger partial charge in [0.1, 0.15) is 5.75 Å². The minimum absolute atomic E-state index is 0.0414. The normalized spacial score (nSPS) is 17.3. The smallest absolute Gasteiger partial charge is 0.239 e. The molecule has 18 heavy (non-hydrogen) atoms. The van der Waals surface area contributed by atoms with E-state index >= 15 is 0 Å². The lowest BCUT2D eigenvalue weighted by molar-refractivity contribution is -0.120. The first kappa shape index (κ1) is 12.7. The summed E-state index contributed by atoms with van der Waals surface area (Å²) in [4.78, 5) is 13.5. The van der Waals surface area contributed by atoms with E-state index in [0.29, 0.717) is 13.1 Å². The zero-order chi connectivity index (χ0) is 13.1. The fourth-order valence-corrected chi connectivity index (χ4v) is 2.29. The van der Waals surface area contributed by atoms with Crippen molar-refractivity contribution in [1.82, 2.24) is 5.32 Å². The molecule has 2 rings (SSSR count). The predicted molar refractivity (Wildman–Crippen MR) is 70.8 cm³/mol. The molecule has 1 amide bonds. The SMILES string of the molecule is COc1cccc(N2CCNC(=O)C2)c1C(C)N. The molecule has 5 nitrogen and oxygen atoms in total. The molecule has 1 aliphatic heterocycles. The van der Waals surface area contributed by atoms with Crippen molar-refractivity contribution in [3.63, 3.8) is 0 Å². The number of carbonyl (C=O) groups excluding carboxylic acids is 1. The van der Waals surface area contributed by atoms with Crippen molar-refractivity contribution >= 4 is 11.6 Å². The third-order valence-corrected chi connectivity index (χ3v) is 3.10. The number of nitrogens with zero attached hydrogens (tertiary/aromatic N) is 1. The number of benzene rings is 1. The summed E-state index contributed by atoms with van der Waals surface area (Å²) in [7, 11) is 1.63. The van der Waals surface area contributed by atoms with Gasteiger partial charge in [-0.1, -0.05) is 6.07 Å². The van der Waals surface area contributed by atoms with Crippen LogP contribution in [0.15, 0.2) is 18.2 Å². The van der Waals surface area contributed by atoms with Crippen LogP contribution in [-0.2, 0) is 4.79 Å². The second-order valence-corrected chi connectivity index (χ2v) is 4.45. The van der Waals surface area contributed by atoms with Crippen LogP contribution in [0.4, 0.5) is 5.69 Å². The number of carbonyl (C=O) groups is 1. The molecular formula is C13H19N3O2. The van der Waals surface area contributed by atoms with Crippen molar-refractivity contribution in [3.8, 4) is 5.75 Å². The number of rotatable bonds is 3. The Morgan fingerprint density at radius 2 is 2.28 bits per heavy atom. The van der Waals surface area contributed by atoms with E-state index in [1.807, 2.05) is 30.0 Å². The Morgan fingerprint density at radius 3 is 2.89 bits per heavy atom. The molecule has 0 spiro atoms. The Balaban J connectivity index is 2.39. The molecule has 1 aromatic carbocycles. The van der Waals surface area contributed by atoms with Crippen LogP contribution in [0.5, 0.6) is 5.75 Å². The van der Waals surface area contributed by atoms with Crippen molar-refractivity contribution in [3.05, 3.63) is 23.8 Å². The summed E-state index contributed by atoms with van der Waals surface area (Å²) in [5.41, 5.74) is 7.96. The number of piperazine rings is 1. The van der Waals surface area contributed by atoms with Gasteiger partial charge in [-0.2, -0.15) is 0 Å². The number of anilines is 1. The first-order valence-corrected chi connectivity index (χ1v) is 6.07. The maximum Gasteiger partial charge on any atom is 0.239 e. The molecule has 1 unspecified atom stereocenters. The second-order valence-electron chi connectivity index (χ2n) is 4.45. The lowest BCUT2D eigenvalue weighted by atomic mass is 10.0. The number of nitrogens with two attached hydrogens (primary N) is 1. The Kier molecular flexibility index (Phi) is 3.72. The van der Waals surface area contributed by atoms with Crippen LogP contribution in [0.3, 0.4) is 0 Å². The molecular weight excluding hydrogens is 230 g/mol. The minimum Gasteiger partial charge on any atom is -0.496 e. The van der Waals surface area contributed by atoms with E-state index in [1.54, 1.807) is 7.11 Å². The second kappa shape index (κ2) is 5.27. The van der Waals surface area contributed by atoms with Gasteiger partial charge in [0.05, 0.1) is 13.7 Å². The number of amides is 1. The first-order chi connectivity index (χ1) is 8.63. The van der Waals surface area contributed by atoms with Crippen LogP contribution >= 0.6 is 0 Å². The van der Waals surface area contributed by atoms with Gasteiger partial charge in [0.2, 0.25) is 5.91 Å². The van der Waals surface area contributed by atoms with Crippen molar-refractivity contribution in [2.24, 2.45) is 5.73 Å². The fraction of sp³-hybridized carbons (Fsp3) is 0.462. The van der Waals surface area contributed by atoms with Crippen LogP contribution in [0.2, 0.25) is 0 Å². The summed E-state index contributed by atoms with van der Waals surface area (Å²) < 4.78 is 5.36. The van der Waals surface area contributed by atoms with Gasteiger partial charge in [0, 0.05) is 30.4 Å². The maximum atomic E-state index is 11.5. The van der Waals surface area contributed by atoms with E-state index in [0.717, 1.165) is 23.5 Å². The number of hydrogen-bond acceptors (Lipinski definition) is 4. The highest BCUT2D eigenvalue weighted by Gasteiger charge is 2.22. The number of hydrogen-bond donors (Lipinski definition) is 2. The van der Waals surface area contributed by atoms with Crippen LogP contribution in [0.1, 0.15) is 18.5 Å². The Bertz CT molecular complexity index is 446. The zero-order valence-electron chi connectivity index (χ0n) is 10.8. The molecule has 0 aliphatic carbocycles. The average molecular weight is 249 g/mol. The topological polar surface area (TPSA) is 67.6 Å². The Labute approximate surface area is 107 Å². The van der Waals surface area contributed by atoms with E-state index in [9.17, 15) is 4.79 Å². The predicted octanol–water partition coefficient (Wildman–Crippen LogP) is 0.651. The zero-order valence-corrected chi connectivity index (χ0v) is 10.8. The molecule has 0 radical (unpaired) electrons. The van der Waals surface area contributed by atoms with E-state index in [1.165, 1.54) is 0 Å². The highest BCUT2D eigenvalue weighted by Crippen LogP contribution is 2.33. The molecule has 0 aromatic heterocycles. The van der Waals surface area contributed by atoms with Crippen LogP contribution in [-0.4, -0.2) is 32.7 Å². The van der Waals surface area contributed by atoms with Crippen LogP contribution in [0, 0.1) is 0 Å². The van der Waals surface area contributed by atoms with E-state index in [2.05, 4.69) is 5.32 Å². The molecule has 1 saturated heterocycles. The van der Waals surface area contributed by atoms with E-state index < -0.39 is 0 Å². The highest BCUT2D eigenvalue weighted by atomic mass is 16.5. The maximum absolute atomic E-state index is 11.5. The largest absolute Gasteiger partial charge is 0.496 e. The van der Waals surface area contributed by atoms with Gasteiger partial charge < -0.3 is 20.7 Å². The molecule has 1 atom stereocenters. The van der Waals surface area contributed by atoms with Crippen LogP contribution in [0.25, 0.3) is 0 Å². The number of methoxy groups -OCH3 is 1. The molecule has 0 saturated carbocycles. The average Bonchev–Trinajstić information content (AvgIpc) is 2.37. The van der Waals surface area contributed by atoms with Gasteiger partial charge in [-0.25, -0.2) is 0 Å². The van der Waals surface area contributed by atoms with Crippen LogP contribution < -0.4 is 20.7 Å². The van der Waals surface area contributed by atoms with Crippen molar-refractivity contribution in [1.29, 1.82) is 0 Å². The first-order valence-electron chi connectivity index (χ1n) is 6.07. The minimum atomic E-state index is -0.138. The van der Waals surface area contributed by atoms with Gasteiger partial charge in [-0.3, -0.25) is 4.79 Å². The Hall–Kier alpha value is -1.75. The molecule has 5 heteroatoms. The summed E-state index contributed by atoms with van der Waals surface area (Å²) in [5.74, 6) is 0.813. The van der Waals surface area contributed by atoms with E-state index in [-0.39, 0.29) is 11.9 Å². The lowest BCUT2D eigenvalue weighted by Gasteiger charge is -2.31. The van der Waals surface area contributed by atoms with Gasteiger partial charge in [0.15, 0.2) is 0 Å². The third-order valence-electron chi connectivity index (χ3n) is 3.10. The summed E-state index contributed by atoms with van der Waals surface area (Å²) >= 11 is 0.